The first-order valence-corrected chi connectivity index (χ1v) is 9.48. The minimum Gasteiger partial charge on any atom is -0.493 e. The highest BCUT2D eigenvalue weighted by atomic mass is 127. The van der Waals surface area contributed by atoms with E-state index in [0.29, 0.717) is 23.7 Å². The van der Waals surface area contributed by atoms with E-state index in [0.717, 1.165) is 5.56 Å². The zero-order valence-corrected chi connectivity index (χ0v) is 17.6. The van der Waals surface area contributed by atoms with Gasteiger partial charge in [-0.2, -0.15) is 5.26 Å². The Labute approximate surface area is 173 Å². The lowest BCUT2D eigenvalue weighted by Gasteiger charge is -2.12. The van der Waals surface area contributed by atoms with Crippen molar-refractivity contribution < 1.29 is 14.3 Å². The van der Waals surface area contributed by atoms with E-state index in [1.54, 1.807) is 25.3 Å². The molecule has 6 heteroatoms. The number of nitrogens with one attached hydrogen (secondary N) is 1. The maximum atomic E-state index is 12.0. The number of carbonyl (C=O) groups is 1. The van der Waals surface area contributed by atoms with Crippen LogP contribution in [-0.4, -0.2) is 19.1 Å². The maximum absolute atomic E-state index is 12.0. The van der Waals surface area contributed by atoms with Crippen LogP contribution in [0, 0.1) is 14.9 Å². The number of benzene rings is 2. The van der Waals surface area contributed by atoms with Crippen LogP contribution in [0.4, 0.5) is 0 Å². The smallest absolute Gasteiger partial charge is 0.262 e. The first kappa shape index (κ1) is 20.8. The van der Waals surface area contributed by atoms with Crippen LogP contribution in [0.2, 0.25) is 0 Å². The molecule has 1 N–H and O–H groups in total. The molecule has 0 spiro atoms. The topological polar surface area (TPSA) is 71.3 Å². The minimum atomic E-state index is -0.398. The second-order valence-corrected chi connectivity index (χ2v) is 7.37. The Morgan fingerprint density at radius 3 is 2.52 bits per heavy atom. The zero-order valence-electron chi connectivity index (χ0n) is 15.5. The van der Waals surface area contributed by atoms with E-state index in [-0.39, 0.29) is 11.6 Å². The molecule has 2 aromatic carbocycles. The minimum absolute atomic E-state index is 0.0401. The van der Waals surface area contributed by atoms with Gasteiger partial charge >= 0.3 is 0 Å². The van der Waals surface area contributed by atoms with Crippen molar-refractivity contribution in [2.24, 2.45) is 0 Å². The van der Waals surface area contributed by atoms with E-state index in [4.69, 9.17) is 9.47 Å². The summed E-state index contributed by atoms with van der Waals surface area (Å²) in [5, 5.41) is 12.0. The monoisotopic (exact) mass is 476 g/mol. The molecular formula is C21H21IN2O3. The van der Waals surface area contributed by atoms with Gasteiger partial charge in [-0.1, -0.05) is 18.2 Å². The Hall–Kier alpha value is -2.53. The van der Waals surface area contributed by atoms with Crippen molar-refractivity contribution in [3.63, 3.8) is 0 Å². The molecule has 0 aliphatic heterocycles. The van der Waals surface area contributed by atoms with Crippen LogP contribution in [0.3, 0.4) is 0 Å². The molecule has 27 heavy (non-hydrogen) atoms. The van der Waals surface area contributed by atoms with Gasteiger partial charge in [0.1, 0.15) is 18.2 Å². The predicted molar refractivity (Wildman–Crippen MR) is 113 cm³/mol. The van der Waals surface area contributed by atoms with Gasteiger partial charge in [-0.3, -0.25) is 4.79 Å². The molecular weight excluding hydrogens is 455 g/mol. The van der Waals surface area contributed by atoms with Gasteiger partial charge in [0.2, 0.25) is 0 Å². The highest BCUT2D eigenvalue weighted by Gasteiger charge is 2.11. The second-order valence-electron chi connectivity index (χ2n) is 6.12. The van der Waals surface area contributed by atoms with Crippen molar-refractivity contribution in [2.45, 2.75) is 26.5 Å². The highest BCUT2D eigenvalue weighted by molar-refractivity contribution is 14.1. The first-order valence-electron chi connectivity index (χ1n) is 8.41. The van der Waals surface area contributed by atoms with Crippen LogP contribution in [-0.2, 0) is 11.4 Å². The number of halogens is 1. The normalized spacial score (nSPS) is 11.0. The molecule has 0 atom stereocenters. The van der Waals surface area contributed by atoms with E-state index >= 15 is 0 Å². The molecule has 0 bridgehead atoms. The fourth-order valence-electron chi connectivity index (χ4n) is 2.29. The molecule has 0 aliphatic rings. The lowest BCUT2D eigenvalue weighted by molar-refractivity contribution is -0.117. The third-order valence-corrected chi connectivity index (χ3v) is 4.31. The van der Waals surface area contributed by atoms with Crippen LogP contribution in [0.15, 0.2) is 48.0 Å². The fraction of sp³-hybridized carbons (Fsp3) is 0.238. The van der Waals surface area contributed by atoms with Gasteiger partial charge < -0.3 is 14.8 Å². The average Bonchev–Trinajstić information content (AvgIpc) is 2.65. The van der Waals surface area contributed by atoms with E-state index in [1.807, 2.05) is 44.2 Å². The van der Waals surface area contributed by atoms with Crippen LogP contribution in [0.25, 0.3) is 6.08 Å². The van der Waals surface area contributed by atoms with Crippen LogP contribution < -0.4 is 14.8 Å². The summed E-state index contributed by atoms with van der Waals surface area (Å²) in [5.74, 6) is 0.736. The van der Waals surface area contributed by atoms with Gasteiger partial charge in [0.25, 0.3) is 5.91 Å². The third kappa shape index (κ3) is 6.29. The van der Waals surface area contributed by atoms with E-state index in [1.165, 1.54) is 9.65 Å². The zero-order chi connectivity index (χ0) is 19.8. The van der Waals surface area contributed by atoms with Gasteiger partial charge in [0, 0.05) is 9.61 Å². The molecule has 1 amide bonds. The van der Waals surface area contributed by atoms with Crippen molar-refractivity contribution in [1.82, 2.24) is 5.32 Å². The molecule has 0 heterocycles. The first-order chi connectivity index (χ1) is 12.9. The molecule has 0 aromatic heterocycles. The summed E-state index contributed by atoms with van der Waals surface area (Å²) in [6.45, 7) is 4.11. The Morgan fingerprint density at radius 1 is 1.22 bits per heavy atom. The number of nitrogens with zero attached hydrogens (tertiary/aromatic N) is 1. The predicted octanol–water partition coefficient (Wildman–Crippen LogP) is 4.31. The number of ether oxygens (including phenoxy) is 2. The number of nitriles is 1. The average molecular weight is 476 g/mol. The Morgan fingerprint density at radius 2 is 1.93 bits per heavy atom. The molecule has 0 unspecified atom stereocenters. The van der Waals surface area contributed by atoms with Crippen LogP contribution in [0.1, 0.15) is 25.0 Å². The Kier molecular flexibility index (Phi) is 7.67. The third-order valence-electron chi connectivity index (χ3n) is 3.59. The van der Waals surface area contributed by atoms with Crippen molar-refractivity contribution in [3.05, 3.63) is 62.7 Å². The Bertz CT molecular complexity index is 868. The van der Waals surface area contributed by atoms with Gasteiger partial charge in [-0.05, 0) is 77.9 Å². The highest BCUT2D eigenvalue weighted by Crippen LogP contribution is 2.29. The number of carbonyl (C=O) groups excluding carboxylic acids is 1. The molecule has 2 aromatic rings. The summed E-state index contributed by atoms with van der Waals surface area (Å²) in [7, 11) is 1.55. The fourth-order valence-corrected chi connectivity index (χ4v) is 2.65. The SMILES string of the molecule is COc1cc(/C=C(/C#N)C(=O)NC(C)C)ccc1OCc1ccc(I)cc1. The second kappa shape index (κ2) is 9.97. The summed E-state index contributed by atoms with van der Waals surface area (Å²) in [6, 6.07) is 15.3. The molecule has 0 radical (unpaired) electrons. The van der Waals surface area contributed by atoms with Gasteiger partial charge in [0.15, 0.2) is 11.5 Å². The number of hydrogen-bond acceptors (Lipinski definition) is 4. The van der Waals surface area contributed by atoms with Crippen molar-refractivity contribution in [1.29, 1.82) is 5.26 Å². The summed E-state index contributed by atoms with van der Waals surface area (Å²) in [6.07, 6.45) is 1.53. The molecule has 0 aliphatic carbocycles. The van der Waals surface area contributed by atoms with Crippen LogP contribution >= 0.6 is 22.6 Å². The number of hydrogen-bond donors (Lipinski definition) is 1. The maximum Gasteiger partial charge on any atom is 0.262 e. The van der Waals surface area contributed by atoms with Crippen molar-refractivity contribution in [3.8, 4) is 17.6 Å². The molecule has 2 rings (SSSR count). The molecule has 140 valence electrons. The van der Waals surface area contributed by atoms with Crippen molar-refractivity contribution >= 4 is 34.6 Å². The summed E-state index contributed by atoms with van der Waals surface area (Å²) in [4.78, 5) is 12.0. The van der Waals surface area contributed by atoms with Gasteiger partial charge in [0.05, 0.1) is 7.11 Å². The lowest BCUT2D eigenvalue weighted by atomic mass is 10.1. The number of amides is 1. The van der Waals surface area contributed by atoms with Gasteiger partial charge in [-0.25, -0.2) is 0 Å². The summed E-state index contributed by atoms with van der Waals surface area (Å²) >= 11 is 2.26. The van der Waals surface area contributed by atoms with Gasteiger partial charge in [-0.15, -0.1) is 0 Å². The number of methoxy groups -OCH3 is 1. The standard InChI is InChI=1S/C21H21IN2O3/c1-14(2)24-21(25)17(12-23)10-16-6-9-19(20(11-16)26-3)27-13-15-4-7-18(22)8-5-15/h4-11,14H,13H2,1-3H3,(H,24,25)/b17-10-. The van der Waals surface area contributed by atoms with E-state index in [9.17, 15) is 10.1 Å². The summed E-state index contributed by atoms with van der Waals surface area (Å²) < 4.78 is 12.4. The largest absolute Gasteiger partial charge is 0.493 e. The van der Waals surface area contributed by atoms with Crippen LogP contribution in [0.5, 0.6) is 11.5 Å². The summed E-state index contributed by atoms with van der Waals surface area (Å²) in [5.41, 5.74) is 1.78. The Balaban J connectivity index is 2.17. The van der Waals surface area contributed by atoms with Crippen molar-refractivity contribution in [2.75, 3.05) is 7.11 Å². The molecule has 0 saturated heterocycles. The molecule has 5 nitrogen and oxygen atoms in total. The van der Waals surface area contributed by atoms with E-state index < -0.39 is 5.91 Å². The quantitative estimate of drug-likeness (QED) is 0.368. The van der Waals surface area contributed by atoms with E-state index in [2.05, 4.69) is 27.9 Å². The number of rotatable bonds is 7. The lowest BCUT2D eigenvalue weighted by Crippen LogP contribution is -2.30. The molecule has 0 fully saturated rings. The molecule has 0 saturated carbocycles.